The number of nitrogens with zero attached hydrogens (tertiary/aromatic N) is 2. The molecule has 0 spiro atoms. The number of nitrogens with one attached hydrogen (secondary N) is 1. The van der Waals surface area contributed by atoms with E-state index in [0.717, 1.165) is 50.2 Å². The van der Waals surface area contributed by atoms with Crippen molar-refractivity contribution >= 4 is 22.4 Å². The van der Waals surface area contributed by atoms with Gasteiger partial charge in [-0.2, -0.15) is 0 Å². The second-order valence-electron chi connectivity index (χ2n) is 5.67. The first-order chi connectivity index (χ1) is 9.70. The predicted octanol–water partition coefficient (Wildman–Crippen LogP) is 1.54. The fourth-order valence-corrected chi connectivity index (χ4v) is 3.90. The van der Waals surface area contributed by atoms with Crippen molar-refractivity contribution in [3.05, 3.63) is 10.6 Å². The standard InChI is InChI=1S/C14H21N3O2S/c1-10-2-3-11-12(8-10)20-14(15-11)16-13(18)9-17-4-6-19-7-5-17/h10H,2-9H2,1H3,(H,15,16,18)/t10-/m0/s1. The molecule has 20 heavy (non-hydrogen) atoms. The molecule has 1 N–H and O–H groups in total. The van der Waals surface area contributed by atoms with Gasteiger partial charge in [0, 0.05) is 18.0 Å². The van der Waals surface area contributed by atoms with E-state index in [0.29, 0.717) is 6.54 Å². The van der Waals surface area contributed by atoms with Crippen LogP contribution in [-0.4, -0.2) is 48.6 Å². The van der Waals surface area contributed by atoms with E-state index in [9.17, 15) is 4.79 Å². The molecule has 5 nitrogen and oxygen atoms in total. The van der Waals surface area contributed by atoms with Gasteiger partial charge in [0.1, 0.15) is 0 Å². The maximum Gasteiger partial charge on any atom is 0.240 e. The van der Waals surface area contributed by atoms with Crippen LogP contribution in [0.25, 0.3) is 0 Å². The van der Waals surface area contributed by atoms with Crippen molar-refractivity contribution in [1.29, 1.82) is 0 Å². The number of hydrogen-bond acceptors (Lipinski definition) is 5. The Morgan fingerprint density at radius 2 is 2.30 bits per heavy atom. The van der Waals surface area contributed by atoms with Crippen molar-refractivity contribution in [3.63, 3.8) is 0 Å². The number of carbonyl (C=O) groups excluding carboxylic acids is 1. The Balaban J connectivity index is 1.56. The third kappa shape index (κ3) is 3.37. The van der Waals surface area contributed by atoms with E-state index in [2.05, 4.69) is 22.1 Å². The van der Waals surface area contributed by atoms with Gasteiger partial charge in [-0.3, -0.25) is 9.69 Å². The number of ether oxygens (including phenoxy) is 1. The van der Waals surface area contributed by atoms with Gasteiger partial charge < -0.3 is 10.1 Å². The number of amides is 1. The molecule has 0 radical (unpaired) electrons. The molecule has 3 rings (SSSR count). The summed E-state index contributed by atoms with van der Waals surface area (Å²) in [6.45, 7) is 5.81. The molecular formula is C14H21N3O2S. The molecule has 0 aromatic carbocycles. The van der Waals surface area contributed by atoms with Gasteiger partial charge in [0.2, 0.25) is 5.91 Å². The number of aryl methyl sites for hydroxylation is 1. The zero-order valence-corrected chi connectivity index (χ0v) is 12.7. The summed E-state index contributed by atoms with van der Waals surface area (Å²) in [6.07, 6.45) is 3.36. The predicted molar refractivity (Wildman–Crippen MR) is 79.2 cm³/mol. The number of rotatable bonds is 3. The number of thiazole rings is 1. The van der Waals surface area contributed by atoms with Crippen molar-refractivity contribution in [2.75, 3.05) is 38.2 Å². The van der Waals surface area contributed by atoms with Crippen LogP contribution in [0.15, 0.2) is 0 Å². The molecule has 6 heteroatoms. The van der Waals surface area contributed by atoms with Crippen molar-refractivity contribution < 1.29 is 9.53 Å². The molecule has 0 bridgehead atoms. The SMILES string of the molecule is C[C@H]1CCc2nc(NC(=O)CN3CCOCC3)sc2C1. The summed E-state index contributed by atoms with van der Waals surface area (Å²) in [6, 6.07) is 0. The van der Waals surface area contributed by atoms with E-state index in [-0.39, 0.29) is 5.91 Å². The van der Waals surface area contributed by atoms with Gasteiger partial charge in [-0.25, -0.2) is 4.98 Å². The lowest BCUT2D eigenvalue weighted by molar-refractivity contribution is -0.118. The Hall–Kier alpha value is -0.980. The van der Waals surface area contributed by atoms with Gasteiger partial charge in [0.05, 0.1) is 25.5 Å². The Morgan fingerprint density at radius 1 is 1.50 bits per heavy atom. The normalized spacial score (nSPS) is 23.4. The number of fused-ring (bicyclic) bond motifs is 1. The highest BCUT2D eigenvalue weighted by Gasteiger charge is 2.21. The van der Waals surface area contributed by atoms with E-state index in [4.69, 9.17) is 4.74 Å². The van der Waals surface area contributed by atoms with E-state index < -0.39 is 0 Å². The monoisotopic (exact) mass is 295 g/mol. The zero-order valence-electron chi connectivity index (χ0n) is 11.9. The first-order valence-corrected chi connectivity index (χ1v) is 8.11. The molecule has 1 fully saturated rings. The highest BCUT2D eigenvalue weighted by Crippen LogP contribution is 2.31. The molecule has 110 valence electrons. The van der Waals surface area contributed by atoms with E-state index >= 15 is 0 Å². The molecule has 2 aliphatic rings. The summed E-state index contributed by atoms with van der Waals surface area (Å²) in [5.74, 6) is 0.769. The number of hydrogen-bond donors (Lipinski definition) is 1. The fourth-order valence-electron chi connectivity index (χ4n) is 2.71. The van der Waals surface area contributed by atoms with Crippen molar-refractivity contribution in [1.82, 2.24) is 9.88 Å². The Labute approximate surface area is 123 Å². The summed E-state index contributed by atoms with van der Waals surface area (Å²) in [7, 11) is 0. The highest BCUT2D eigenvalue weighted by atomic mass is 32.1. The molecule has 1 aliphatic carbocycles. The van der Waals surface area contributed by atoms with Crippen LogP contribution in [0.5, 0.6) is 0 Å². The zero-order chi connectivity index (χ0) is 13.9. The van der Waals surface area contributed by atoms with Gasteiger partial charge in [0.15, 0.2) is 5.13 Å². The number of anilines is 1. The molecule has 1 amide bonds. The molecule has 1 saturated heterocycles. The maximum absolute atomic E-state index is 12.0. The molecular weight excluding hydrogens is 274 g/mol. The van der Waals surface area contributed by atoms with Gasteiger partial charge >= 0.3 is 0 Å². The van der Waals surface area contributed by atoms with E-state index in [1.54, 1.807) is 11.3 Å². The van der Waals surface area contributed by atoms with Crippen molar-refractivity contribution in [3.8, 4) is 0 Å². The lowest BCUT2D eigenvalue weighted by Crippen LogP contribution is -2.41. The number of morpholine rings is 1. The van der Waals surface area contributed by atoms with Crippen molar-refractivity contribution in [2.45, 2.75) is 26.2 Å². The minimum Gasteiger partial charge on any atom is -0.379 e. The van der Waals surface area contributed by atoms with Crippen LogP contribution in [0.1, 0.15) is 23.9 Å². The lowest BCUT2D eigenvalue weighted by Gasteiger charge is -2.25. The van der Waals surface area contributed by atoms with Crippen LogP contribution in [-0.2, 0) is 22.4 Å². The fraction of sp³-hybridized carbons (Fsp3) is 0.714. The minimum absolute atomic E-state index is 0.0334. The Bertz CT molecular complexity index is 483. The average Bonchev–Trinajstić information content (AvgIpc) is 2.80. The molecule has 1 atom stereocenters. The van der Waals surface area contributed by atoms with E-state index in [1.165, 1.54) is 17.0 Å². The third-order valence-corrected chi connectivity index (χ3v) is 4.94. The summed E-state index contributed by atoms with van der Waals surface area (Å²) in [5.41, 5.74) is 1.19. The van der Waals surface area contributed by atoms with Gasteiger partial charge in [-0.15, -0.1) is 11.3 Å². The molecule has 1 aliphatic heterocycles. The average molecular weight is 295 g/mol. The molecule has 1 aromatic rings. The Kier molecular flexibility index (Phi) is 4.33. The summed E-state index contributed by atoms with van der Waals surface area (Å²) in [5, 5.41) is 3.71. The summed E-state index contributed by atoms with van der Waals surface area (Å²) < 4.78 is 5.28. The largest absolute Gasteiger partial charge is 0.379 e. The summed E-state index contributed by atoms with van der Waals surface area (Å²) >= 11 is 1.64. The van der Waals surface area contributed by atoms with E-state index in [1.807, 2.05) is 0 Å². The van der Waals surface area contributed by atoms with Crippen LogP contribution in [0.2, 0.25) is 0 Å². The molecule has 1 aromatic heterocycles. The molecule has 0 saturated carbocycles. The first-order valence-electron chi connectivity index (χ1n) is 7.29. The quantitative estimate of drug-likeness (QED) is 0.919. The van der Waals surface area contributed by atoms with Crippen LogP contribution in [0.4, 0.5) is 5.13 Å². The van der Waals surface area contributed by atoms with Gasteiger partial charge in [-0.05, 0) is 25.2 Å². The number of aromatic nitrogens is 1. The maximum atomic E-state index is 12.0. The van der Waals surface area contributed by atoms with Gasteiger partial charge in [0.25, 0.3) is 0 Å². The highest BCUT2D eigenvalue weighted by molar-refractivity contribution is 7.15. The van der Waals surface area contributed by atoms with Crippen LogP contribution in [0.3, 0.4) is 0 Å². The van der Waals surface area contributed by atoms with Crippen molar-refractivity contribution in [2.24, 2.45) is 5.92 Å². The molecule has 2 heterocycles. The van der Waals surface area contributed by atoms with Crippen LogP contribution >= 0.6 is 11.3 Å². The Morgan fingerprint density at radius 3 is 3.10 bits per heavy atom. The third-order valence-electron chi connectivity index (χ3n) is 3.90. The van der Waals surface area contributed by atoms with Gasteiger partial charge in [-0.1, -0.05) is 6.92 Å². The minimum atomic E-state index is 0.0334. The second-order valence-corrected chi connectivity index (χ2v) is 6.76. The first kappa shape index (κ1) is 14.0. The number of carbonyl (C=O) groups is 1. The second kappa shape index (κ2) is 6.20. The van der Waals surface area contributed by atoms with Crippen LogP contribution < -0.4 is 5.32 Å². The topological polar surface area (TPSA) is 54.5 Å². The molecule has 0 unspecified atom stereocenters. The smallest absolute Gasteiger partial charge is 0.240 e. The summed E-state index contributed by atoms with van der Waals surface area (Å²) in [4.78, 5) is 20.1. The van der Waals surface area contributed by atoms with Crippen LogP contribution in [0, 0.1) is 5.92 Å². The lowest BCUT2D eigenvalue weighted by atomic mass is 9.93.